The summed E-state index contributed by atoms with van der Waals surface area (Å²) in [4.78, 5) is 162. The Kier molecular flexibility index (Phi) is 32.3. The van der Waals surface area contributed by atoms with Gasteiger partial charge in [-0.3, -0.25) is 43.3 Å². The number of esters is 1. The van der Waals surface area contributed by atoms with Crippen LogP contribution in [0.2, 0.25) is 15.1 Å². The highest BCUT2D eigenvalue weighted by molar-refractivity contribution is 6.32. The molecular weight excluding hydrogens is 1860 g/mol. The van der Waals surface area contributed by atoms with Crippen LogP contribution in [0.4, 0.5) is 4.79 Å². The number of aliphatic hydroxyl groups is 6. The molecule has 8 aliphatic rings. The predicted octanol–water partition coefficient (Wildman–Crippen LogP) is 7.19. The number of primary amides is 1. The van der Waals surface area contributed by atoms with Gasteiger partial charge in [-0.25, -0.2) is 9.59 Å². The SMILES string of the molecule is CC(=O)CCC(=O)OCOC(=O)N(C)C(CC(C)C)C(=O)NC1C(=O)CC(CC(N)=O)C(=O)NC2C(=O)CC3C(=O)NC(C(=O)NC(C(=O)O)c4cc(O)cc(O)c4-c4cc3ccc4O)C(OC3CC(C)(N)C(O)C(C)O3)c3ccc(c(Cl)c3)Oc3cc2cc(c3OC2OC(CO)C(O)C(O)C2OC2CC(C)(NCc3ccc(-c4ccc(Cl)cc4)cc3)C(O)C(C)O2)Oc2ccc(cc2Cl)C1O. The third-order valence-corrected chi connectivity index (χ3v) is 25.8. The van der Waals surface area contributed by atoms with Gasteiger partial charge < -0.3 is 141 Å². The van der Waals surface area contributed by atoms with Crippen molar-refractivity contribution in [2.45, 2.75) is 233 Å². The number of ketones is 3. The lowest BCUT2D eigenvalue weighted by molar-refractivity contribution is -0.334. The van der Waals surface area contributed by atoms with Crippen LogP contribution < -0.4 is 52.3 Å². The number of likely N-dealkylation sites (N-methyl/N-ethyl adjacent to an activating group) is 1. The van der Waals surface area contributed by atoms with E-state index in [9.17, 15) is 75.0 Å². The van der Waals surface area contributed by atoms with Crippen molar-refractivity contribution in [3.63, 3.8) is 0 Å². The molecule has 22 atom stereocenters. The minimum absolute atomic E-state index is 0.168. The first-order valence-corrected chi connectivity index (χ1v) is 45.1. The summed E-state index contributed by atoms with van der Waals surface area (Å²) in [6, 6.07) is 18.1. The number of nitrogens with two attached hydrogens (primary N) is 2. The van der Waals surface area contributed by atoms with E-state index in [-0.39, 0.29) is 61.1 Å². The monoisotopic (exact) mass is 1960 g/mol. The van der Waals surface area contributed by atoms with E-state index in [0.29, 0.717) is 5.02 Å². The van der Waals surface area contributed by atoms with E-state index in [2.05, 4.69) is 26.6 Å². The van der Waals surface area contributed by atoms with Gasteiger partial charge in [0.15, 0.2) is 47.8 Å². The van der Waals surface area contributed by atoms with Crippen molar-refractivity contribution in [3.8, 4) is 68.2 Å². The summed E-state index contributed by atoms with van der Waals surface area (Å²) >= 11 is 21.0. The van der Waals surface area contributed by atoms with Crippen molar-refractivity contribution in [3.05, 3.63) is 176 Å². The van der Waals surface area contributed by atoms with Gasteiger partial charge >= 0.3 is 18.0 Å². The molecule has 0 saturated carbocycles. The van der Waals surface area contributed by atoms with Crippen molar-refractivity contribution < 1.29 is 151 Å². The topological polar surface area (TPSA) is 598 Å². The molecule has 15 rings (SSSR count). The van der Waals surface area contributed by atoms with Crippen molar-refractivity contribution in [1.82, 2.24) is 31.5 Å². The molecule has 0 aromatic heterocycles. The average Bonchev–Trinajstić information content (AvgIpc) is 0.767. The quantitative estimate of drug-likeness (QED) is 0.0210. The summed E-state index contributed by atoms with van der Waals surface area (Å²) in [7, 11) is 1.14. The third kappa shape index (κ3) is 23.6. The van der Waals surface area contributed by atoms with E-state index in [0.717, 1.165) is 83.2 Å². The van der Waals surface area contributed by atoms with E-state index in [1.165, 1.54) is 45.0 Å². The maximum Gasteiger partial charge on any atom is 0.413 e. The number of benzene rings is 7. The molecule has 6 amide bonds. The molecule has 19 N–H and O–H groups in total. The lowest BCUT2D eigenvalue weighted by atomic mass is 9.84. The van der Waals surface area contributed by atoms with Gasteiger partial charge in [0.05, 0.1) is 59.3 Å². The Morgan fingerprint density at radius 1 is 0.657 bits per heavy atom. The molecule has 3 saturated heterocycles. The molecule has 137 heavy (non-hydrogen) atoms. The molecule has 8 aliphatic heterocycles. The number of hydrogen-bond donors (Lipinski definition) is 17. The summed E-state index contributed by atoms with van der Waals surface area (Å²) in [5.74, 6) is -21.9. The van der Waals surface area contributed by atoms with Crippen LogP contribution in [-0.2, 0) is 87.6 Å². The van der Waals surface area contributed by atoms with Crippen molar-refractivity contribution in [1.29, 1.82) is 0 Å². The summed E-state index contributed by atoms with van der Waals surface area (Å²) in [6.07, 6.45) is -28.0. The highest BCUT2D eigenvalue weighted by Gasteiger charge is 2.54. The van der Waals surface area contributed by atoms with Crippen LogP contribution >= 0.6 is 34.8 Å². The number of nitrogens with one attached hydrogen (secondary N) is 5. The molecule has 0 radical (unpaired) electrons. The number of fused-ring (bicyclic) bond motifs is 15. The van der Waals surface area contributed by atoms with Gasteiger partial charge in [-0.1, -0.05) is 103 Å². The van der Waals surface area contributed by atoms with Crippen molar-refractivity contribution in [2.75, 3.05) is 20.4 Å². The molecule has 11 bridgehead atoms. The average molecular weight is 1960 g/mol. The van der Waals surface area contributed by atoms with Crippen LogP contribution in [-0.4, -0.2) is 238 Å². The maximum atomic E-state index is 16.8. The molecule has 22 unspecified atom stereocenters. The van der Waals surface area contributed by atoms with Gasteiger partial charge in [0.1, 0.15) is 89.2 Å². The molecule has 7 aromatic rings. The first-order valence-electron chi connectivity index (χ1n) is 44.0. The molecule has 7 aromatic carbocycles. The molecule has 3 fully saturated rings. The summed E-state index contributed by atoms with van der Waals surface area (Å²) in [5.41, 5.74) is 9.61. The highest BCUT2D eigenvalue weighted by Crippen LogP contribution is 2.52. The lowest BCUT2D eigenvalue weighted by Crippen LogP contribution is -2.65. The molecule has 39 nitrogen and oxygen atoms in total. The Hall–Kier alpha value is -11.7. The normalized spacial score (nSPS) is 28.1. The number of carboxylic acids is 1. The number of Topliss-reactive ketones (excluding diaryl/α,β-unsaturated/α-hetero) is 3. The number of halogens is 3. The van der Waals surface area contributed by atoms with Gasteiger partial charge in [0.25, 0.3) is 0 Å². The molecule has 0 aliphatic carbocycles. The number of ether oxygens (including phenoxy) is 10. The van der Waals surface area contributed by atoms with Gasteiger partial charge in [0.2, 0.25) is 48.4 Å². The number of phenols is 3. The third-order valence-electron chi connectivity index (χ3n) is 25.0. The van der Waals surface area contributed by atoms with E-state index < -0.39 is 309 Å². The number of nitrogens with zero attached hydrogens (tertiary/aromatic N) is 1. The van der Waals surface area contributed by atoms with Gasteiger partial charge in [0, 0.05) is 91.0 Å². The Bertz CT molecular complexity index is 5740. The first kappa shape index (κ1) is 103. The number of aliphatic hydroxyl groups excluding tert-OH is 6. The van der Waals surface area contributed by atoms with E-state index in [1.807, 2.05) is 36.4 Å². The summed E-state index contributed by atoms with van der Waals surface area (Å²) in [5, 5.41) is 131. The van der Waals surface area contributed by atoms with Crippen LogP contribution in [0.1, 0.15) is 163 Å². The second-order valence-electron chi connectivity index (χ2n) is 35.8. The van der Waals surface area contributed by atoms with Crippen molar-refractivity contribution in [2.24, 2.45) is 23.3 Å². The minimum Gasteiger partial charge on any atom is -0.508 e. The number of aromatic hydroxyl groups is 3. The zero-order chi connectivity index (χ0) is 99.4. The smallest absolute Gasteiger partial charge is 0.413 e. The zero-order valence-corrected chi connectivity index (χ0v) is 77.6. The highest BCUT2D eigenvalue weighted by atomic mass is 35.5. The van der Waals surface area contributed by atoms with Crippen LogP contribution in [0, 0.1) is 11.8 Å². The number of aliphatic carboxylic acids is 1. The van der Waals surface area contributed by atoms with Gasteiger partial charge in [-0.15, -0.1) is 0 Å². The largest absolute Gasteiger partial charge is 0.508 e. The molecule has 734 valence electrons. The summed E-state index contributed by atoms with van der Waals surface area (Å²) < 4.78 is 63.3. The number of hydrogen-bond acceptors (Lipinski definition) is 32. The van der Waals surface area contributed by atoms with E-state index >= 15 is 28.8 Å². The number of carbonyl (C=O) groups is 11. The van der Waals surface area contributed by atoms with Crippen LogP contribution in [0.25, 0.3) is 22.3 Å². The Morgan fingerprint density at radius 3 is 1.89 bits per heavy atom. The second kappa shape index (κ2) is 43.1. The van der Waals surface area contributed by atoms with Crippen LogP contribution in [0.3, 0.4) is 0 Å². The van der Waals surface area contributed by atoms with Gasteiger partial charge in [-0.2, -0.15) is 0 Å². The molecule has 8 heterocycles. The zero-order valence-electron chi connectivity index (χ0n) is 75.3. The van der Waals surface area contributed by atoms with Gasteiger partial charge in [-0.05, 0) is 153 Å². The number of rotatable bonds is 24. The minimum atomic E-state index is -2.34. The second-order valence-corrected chi connectivity index (χ2v) is 37.1. The fraction of sp³-hybridized carbons (Fsp3) is 0.442. The molecular formula is C95H107Cl3N8O31. The fourth-order valence-corrected chi connectivity index (χ4v) is 18.0. The first-order chi connectivity index (χ1) is 64.8. The standard InChI is InChI=1S/C95H107Cl3N8O31/c1-41(2)25-60(106(8)93(127)129-40-128-71(115)24-9-42(3)108)89(123)104-77-63(112)29-52(32-70(99)114)87(121)102-75-51-30-67(132-65-22-17-49(79(77)116)27-58(65)97)83(137-92-84(81(118)80(117)69(39-107)134-92)136-73-37-95(7,86(120)44(5)131-73)101-38-45-10-12-46(13-11-45)47-14-19-53(96)20-15-47)68(31-51)133-66-23-18-50(28-59(66)98)82(135-72-36-94(6,100)85(119)43(4)130-72)78-90(124)103-76(91(125)126)57-33-54(109)34-62(111)74(57)56-26-48(16-21-61(56)110)55(35-64(75)113)88(122)105-78/h10-23,26-28,30-31,33-34,41,43-44,52,55,60,69,72-73,75-82,84-86,92,101,107,109-111,116-120H,9,24-25,29,32,35-40,100H2,1-8H3,(H2,99,114)(H,102,121)(H,103,124)(H,104,123)(H,105,122)(H,125,126). The Labute approximate surface area is 799 Å². The molecule has 0 spiro atoms. The maximum absolute atomic E-state index is 16.8. The van der Waals surface area contributed by atoms with Crippen molar-refractivity contribution >= 4 is 99.7 Å². The number of carboxylic acid groups (broad SMARTS) is 1. The lowest BCUT2D eigenvalue weighted by Gasteiger charge is -2.48. The molecule has 42 heteroatoms. The Morgan fingerprint density at radius 2 is 1.28 bits per heavy atom. The van der Waals surface area contributed by atoms with E-state index in [1.54, 1.807) is 39.8 Å². The predicted molar refractivity (Wildman–Crippen MR) is 484 cm³/mol. The van der Waals surface area contributed by atoms with E-state index in [4.69, 9.17) is 93.6 Å². The number of amides is 6. The Balaban J connectivity index is 0.998. The summed E-state index contributed by atoms with van der Waals surface area (Å²) in [6.45, 7) is 8.94. The number of carbonyl (C=O) groups excluding carboxylic acids is 10. The van der Waals surface area contributed by atoms with Crippen LogP contribution in [0.15, 0.2) is 127 Å². The number of phenolic OH excluding ortho intramolecular Hbond substituents is 3. The fourth-order valence-electron chi connectivity index (χ4n) is 17.5. The van der Waals surface area contributed by atoms with Crippen LogP contribution in [0.5, 0.6) is 46.0 Å².